The fourth-order valence-corrected chi connectivity index (χ4v) is 3.26. The third kappa shape index (κ3) is 2.25. The number of nitrogens with one attached hydrogen (secondary N) is 1. The minimum Gasteiger partial charge on any atom is -0.326 e. The summed E-state index contributed by atoms with van der Waals surface area (Å²) in [5, 5.41) is 0. The highest BCUT2D eigenvalue weighted by Crippen LogP contribution is 2.21. The first-order valence-corrected chi connectivity index (χ1v) is 6.56. The largest absolute Gasteiger partial charge is 0.326 e. The summed E-state index contributed by atoms with van der Waals surface area (Å²) in [6, 6.07) is -0.00325. The average Bonchev–Trinajstić information content (AvgIpc) is 2.82. The zero-order chi connectivity index (χ0) is 10.2. The molecule has 1 aliphatic carbocycles. The number of hydrogen-bond acceptors (Lipinski definition) is 3. The van der Waals surface area contributed by atoms with Crippen LogP contribution in [-0.4, -0.2) is 37.9 Å². The van der Waals surface area contributed by atoms with Crippen molar-refractivity contribution < 1.29 is 8.42 Å². The Hall–Kier alpha value is -0.170. The van der Waals surface area contributed by atoms with Crippen molar-refractivity contribution >= 4 is 10.2 Å². The van der Waals surface area contributed by atoms with Gasteiger partial charge in [-0.3, -0.25) is 0 Å². The Bertz CT molecular complexity index is 298. The van der Waals surface area contributed by atoms with Gasteiger partial charge in [0.1, 0.15) is 0 Å². The fraction of sp³-hybridized carbons (Fsp3) is 1.00. The van der Waals surface area contributed by atoms with Crippen LogP contribution >= 0.6 is 0 Å². The van der Waals surface area contributed by atoms with Crippen molar-refractivity contribution in [3.8, 4) is 0 Å². The number of nitrogens with two attached hydrogens (primary N) is 1. The Morgan fingerprint density at radius 1 is 1.21 bits per heavy atom. The Morgan fingerprint density at radius 3 is 2.29 bits per heavy atom. The molecule has 2 aliphatic rings. The molecule has 3 N–H and O–H groups in total. The first-order chi connectivity index (χ1) is 6.59. The topological polar surface area (TPSA) is 75.4 Å². The molecule has 0 amide bonds. The Kier molecular flexibility index (Phi) is 2.79. The van der Waals surface area contributed by atoms with Crippen molar-refractivity contribution in [2.75, 3.05) is 13.1 Å². The van der Waals surface area contributed by atoms with E-state index in [1.807, 2.05) is 0 Å². The summed E-state index contributed by atoms with van der Waals surface area (Å²) in [6.45, 7) is 1.30. The number of rotatable bonds is 3. The summed E-state index contributed by atoms with van der Waals surface area (Å²) >= 11 is 0. The van der Waals surface area contributed by atoms with Gasteiger partial charge in [-0.25, -0.2) is 0 Å². The second kappa shape index (κ2) is 3.77. The fourth-order valence-electron chi connectivity index (χ4n) is 1.72. The lowest BCUT2D eigenvalue weighted by molar-refractivity contribution is 0.341. The van der Waals surface area contributed by atoms with Gasteiger partial charge in [0.2, 0.25) is 0 Å². The van der Waals surface area contributed by atoms with Crippen LogP contribution < -0.4 is 10.5 Å². The lowest BCUT2D eigenvalue weighted by Gasteiger charge is -2.25. The Morgan fingerprint density at radius 2 is 1.79 bits per heavy atom. The lowest BCUT2D eigenvalue weighted by Crippen LogP contribution is -2.45. The van der Waals surface area contributed by atoms with E-state index in [1.54, 1.807) is 0 Å². The van der Waals surface area contributed by atoms with Crippen LogP contribution in [0.1, 0.15) is 25.7 Å². The van der Waals surface area contributed by atoms with Gasteiger partial charge < -0.3 is 5.73 Å². The number of piperidine rings is 1. The molecule has 2 unspecified atom stereocenters. The van der Waals surface area contributed by atoms with Crippen molar-refractivity contribution in [2.24, 2.45) is 5.73 Å². The van der Waals surface area contributed by atoms with E-state index < -0.39 is 10.2 Å². The Balaban J connectivity index is 1.93. The van der Waals surface area contributed by atoms with Crippen LogP contribution in [0.15, 0.2) is 0 Å². The van der Waals surface area contributed by atoms with Gasteiger partial charge in [-0.1, -0.05) is 6.42 Å². The maximum atomic E-state index is 11.7. The van der Waals surface area contributed by atoms with Crippen molar-refractivity contribution in [1.29, 1.82) is 0 Å². The molecule has 0 aromatic heterocycles. The van der Waals surface area contributed by atoms with E-state index in [0.29, 0.717) is 13.1 Å². The second-order valence-electron chi connectivity index (χ2n) is 4.09. The van der Waals surface area contributed by atoms with Gasteiger partial charge >= 0.3 is 0 Å². The molecule has 1 heterocycles. The van der Waals surface area contributed by atoms with Crippen molar-refractivity contribution in [3.05, 3.63) is 0 Å². The van der Waals surface area contributed by atoms with E-state index in [4.69, 9.17) is 5.73 Å². The van der Waals surface area contributed by atoms with Crippen molar-refractivity contribution in [2.45, 2.75) is 37.8 Å². The highest BCUT2D eigenvalue weighted by atomic mass is 32.2. The summed E-state index contributed by atoms with van der Waals surface area (Å²) in [5.74, 6) is 0. The average molecular weight is 219 g/mol. The molecular weight excluding hydrogens is 202 g/mol. The van der Waals surface area contributed by atoms with Gasteiger partial charge in [0, 0.05) is 25.2 Å². The maximum Gasteiger partial charge on any atom is 0.279 e. The lowest BCUT2D eigenvalue weighted by atomic mass is 10.2. The van der Waals surface area contributed by atoms with Crippen LogP contribution in [0.3, 0.4) is 0 Å². The molecule has 14 heavy (non-hydrogen) atoms. The Labute approximate surface area is 84.8 Å². The summed E-state index contributed by atoms with van der Waals surface area (Å²) in [7, 11) is -3.25. The molecule has 0 bridgehead atoms. The number of hydrogen-bond donors (Lipinski definition) is 2. The van der Waals surface area contributed by atoms with E-state index in [0.717, 1.165) is 25.7 Å². The van der Waals surface area contributed by atoms with E-state index >= 15 is 0 Å². The normalized spacial score (nSPS) is 34.4. The van der Waals surface area contributed by atoms with E-state index in [2.05, 4.69) is 4.72 Å². The summed E-state index contributed by atoms with van der Waals surface area (Å²) in [5.41, 5.74) is 5.56. The van der Waals surface area contributed by atoms with Crippen LogP contribution in [0.5, 0.6) is 0 Å². The van der Waals surface area contributed by atoms with Crippen molar-refractivity contribution in [3.63, 3.8) is 0 Å². The second-order valence-corrected chi connectivity index (χ2v) is 5.79. The van der Waals surface area contributed by atoms with Crippen LogP contribution in [-0.2, 0) is 10.2 Å². The minimum absolute atomic E-state index is 0.0227. The highest BCUT2D eigenvalue weighted by molar-refractivity contribution is 7.87. The maximum absolute atomic E-state index is 11.7. The molecule has 5 nitrogen and oxygen atoms in total. The molecule has 0 radical (unpaired) electrons. The molecule has 1 saturated carbocycles. The standard InChI is InChI=1S/C8H17N3O2S/c9-7-6-8(7)10-14(12,13)11-4-2-1-3-5-11/h7-8,10H,1-6,9H2. The van der Waals surface area contributed by atoms with Gasteiger partial charge in [0.05, 0.1) is 0 Å². The zero-order valence-electron chi connectivity index (χ0n) is 8.15. The molecular formula is C8H17N3O2S. The molecule has 2 rings (SSSR count). The third-order valence-corrected chi connectivity index (χ3v) is 4.44. The van der Waals surface area contributed by atoms with Gasteiger partial charge in [-0.2, -0.15) is 17.4 Å². The molecule has 2 fully saturated rings. The SMILES string of the molecule is NC1CC1NS(=O)(=O)N1CCCCC1. The highest BCUT2D eigenvalue weighted by Gasteiger charge is 2.38. The molecule has 82 valence electrons. The van der Waals surface area contributed by atoms with E-state index in [9.17, 15) is 8.42 Å². The molecule has 1 saturated heterocycles. The summed E-state index contributed by atoms with van der Waals surface area (Å²) in [4.78, 5) is 0. The van der Waals surface area contributed by atoms with Crippen LogP contribution in [0.25, 0.3) is 0 Å². The third-order valence-electron chi connectivity index (χ3n) is 2.80. The van der Waals surface area contributed by atoms with Crippen LogP contribution in [0.4, 0.5) is 0 Å². The first kappa shape index (κ1) is 10.4. The van der Waals surface area contributed by atoms with Crippen LogP contribution in [0.2, 0.25) is 0 Å². The van der Waals surface area contributed by atoms with Gasteiger partial charge in [0.25, 0.3) is 10.2 Å². The molecule has 2 atom stereocenters. The molecule has 0 spiro atoms. The van der Waals surface area contributed by atoms with E-state index in [-0.39, 0.29) is 12.1 Å². The molecule has 0 aromatic carbocycles. The smallest absolute Gasteiger partial charge is 0.279 e. The number of nitrogens with zero attached hydrogens (tertiary/aromatic N) is 1. The van der Waals surface area contributed by atoms with E-state index in [1.165, 1.54) is 4.31 Å². The van der Waals surface area contributed by atoms with Gasteiger partial charge in [-0.15, -0.1) is 0 Å². The monoisotopic (exact) mass is 219 g/mol. The molecule has 6 heteroatoms. The van der Waals surface area contributed by atoms with Crippen LogP contribution in [0, 0.1) is 0 Å². The first-order valence-electron chi connectivity index (χ1n) is 5.12. The predicted molar refractivity (Wildman–Crippen MR) is 53.9 cm³/mol. The van der Waals surface area contributed by atoms with Crippen molar-refractivity contribution in [1.82, 2.24) is 9.03 Å². The molecule has 0 aromatic rings. The quantitative estimate of drug-likeness (QED) is 0.666. The summed E-state index contributed by atoms with van der Waals surface area (Å²) < 4.78 is 27.6. The minimum atomic E-state index is -3.25. The summed E-state index contributed by atoms with van der Waals surface area (Å²) in [6.07, 6.45) is 3.84. The molecule has 1 aliphatic heterocycles. The van der Waals surface area contributed by atoms with Gasteiger partial charge in [-0.05, 0) is 19.3 Å². The zero-order valence-corrected chi connectivity index (χ0v) is 8.96. The van der Waals surface area contributed by atoms with Gasteiger partial charge in [0.15, 0.2) is 0 Å². The predicted octanol–water partition coefficient (Wildman–Crippen LogP) is -0.594.